The fourth-order valence-corrected chi connectivity index (χ4v) is 2.66. The molecule has 0 bridgehead atoms. The normalized spacial score (nSPS) is 12.1. The summed E-state index contributed by atoms with van der Waals surface area (Å²) in [4.78, 5) is 11.8. The van der Waals surface area contributed by atoms with Crippen LogP contribution < -0.4 is 11.1 Å². The first kappa shape index (κ1) is 14.9. The van der Waals surface area contributed by atoms with Gasteiger partial charge in [0.05, 0.1) is 27.3 Å². The van der Waals surface area contributed by atoms with E-state index in [0.29, 0.717) is 28.8 Å². The molecule has 18 heavy (non-hydrogen) atoms. The lowest BCUT2D eigenvalue weighted by Crippen LogP contribution is -2.31. The highest BCUT2D eigenvalue weighted by atomic mass is 35.5. The second kappa shape index (κ2) is 7.35. The smallest absolute Gasteiger partial charge is 0.233 e. The van der Waals surface area contributed by atoms with E-state index in [9.17, 15) is 9.00 Å². The molecule has 0 spiro atoms. The summed E-state index contributed by atoms with van der Waals surface area (Å²) in [6.07, 6.45) is 0. The van der Waals surface area contributed by atoms with Crippen molar-refractivity contribution in [2.75, 3.05) is 31.7 Å². The van der Waals surface area contributed by atoms with Crippen LogP contribution in [0.5, 0.6) is 0 Å². The van der Waals surface area contributed by atoms with Gasteiger partial charge in [0, 0.05) is 19.3 Å². The molecule has 0 saturated heterocycles. The molecule has 0 aromatic heterocycles. The molecule has 1 unspecified atom stereocenters. The fraction of sp³-hybridized carbons (Fsp3) is 0.364. The first-order valence-corrected chi connectivity index (χ1v) is 6.93. The van der Waals surface area contributed by atoms with Gasteiger partial charge in [-0.3, -0.25) is 9.00 Å². The second-order valence-corrected chi connectivity index (χ2v) is 5.35. The Hall–Kier alpha value is -1.11. The molecule has 0 radical (unpaired) electrons. The van der Waals surface area contributed by atoms with Crippen LogP contribution in [0.1, 0.15) is 0 Å². The van der Waals surface area contributed by atoms with Crippen molar-refractivity contribution < 1.29 is 13.7 Å². The third-order valence-corrected chi connectivity index (χ3v) is 3.89. The van der Waals surface area contributed by atoms with Gasteiger partial charge in [-0.1, -0.05) is 11.6 Å². The topological polar surface area (TPSA) is 81.4 Å². The molecular formula is C11H15ClN2O3S. The van der Waals surface area contributed by atoms with E-state index < -0.39 is 10.8 Å². The molecule has 0 heterocycles. The highest BCUT2D eigenvalue weighted by Crippen LogP contribution is 2.22. The predicted molar refractivity (Wildman–Crippen MR) is 72.0 cm³/mol. The Bertz CT molecular complexity index is 454. The number of benzene rings is 1. The van der Waals surface area contributed by atoms with Gasteiger partial charge in [0.25, 0.3) is 0 Å². The summed E-state index contributed by atoms with van der Waals surface area (Å²) in [5.41, 5.74) is 6.04. The number of hydrogen-bond donors (Lipinski definition) is 2. The highest BCUT2D eigenvalue weighted by Gasteiger charge is 2.13. The zero-order valence-corrected chi connectivity index (χ0v) is 11.5. The van der Waals surface area contributed by atoms with Gasteiger partial charge in [-0.05, 0) is 18.2 Å². The Morgan fingerprint density at radius 3 is 2.94 bits per heavy atom. The molecule has 0 saturated carbocycles. The summed E-state index contributed by atoms with van der Waals surface area (Å²) in [6.45, 7) is 0.800. The summed E-state index contributed by atoms with van der Waals surface area (Å²) < 4.78 is 16.7. The van der Waals surface area contributed by atoms with Crippen LogP contribution in [-0.4, -0.2) is 36.1 Å². The number of carbonyl (C=O) groups excluding carboxylic acids is 1. The standard InChI is InChI=1S/C11H15ClN2O3S/c1-17-5-4-14-11(15)7-18(16)10-6-8(13)2-3-9(10)12/h2-3,6H,4-5,7,13H2,1H3,(H,14,15). The third-order valence-electron chi connectivity index (χ3n) is 2.09. The van der Waals surface area contributed by atoms with Gasteiger partial charge in [0.2, 0.25) is 5.91 Å². The van der Waals surface area contributed by atoms with Gasteiger partial charge in [-0.25, -0.2) is 0 Å². The molecule has 100 valence electrons. The van der Waals surface area contributed by atoms with Gasteiger partial charge in [0.1, 0.15) is 5.75 Å². The number of ether oxygens (including phenoxy) is 1. The van der Waals surface area contributed by atoms with Crippen LogP contribution >= 0.6 is 11.6 Å². The molecule has 1 amide bonds. The average Bonchev–Trinajstić information content (AvgIpc) is 2.32. The van der Waals surface area contributed by atoms with Crippen molar-refractivity contribution in [3.63, 3.8) is 0 Å². The van der Waals surface area contributed by atoms with E-state index in [0.717, 1.165) is 0 Å². The molecule has 3 N–H and O–H groups in total. The highest BCUT2D eigenvalue weighted by molar-refractivity contribution is 7.85. The molecular weight excluding hydrogens is 276 g/mol. The Morgan fingerprint density at radius 2 is 2.28 bits per heavy atom. The number of methoxy groups -OCH3 is 1. The Balaban J connectivity index is 2.59. The first-order chi connectivity index (χ1) is 8.54. The third kappa shape index (κ3) is 4.64. The summed E-state index contributed by atoms with van der Waals surface area (Å²) in [5, 5.41) is 2.93. The summed E-state index contributed by atoms with van der Waals surface area (Å²) in [7, 11) is 0.0330. The van der Waals surface area contributed by atoms with E-state index in [-0.39, 0.29) is 11.7 Å². The van der Waals surface area contributed by atoms with Crippen molar-refractivity contribution in [3.8, 4) is 0 Å². The number of halogens is 1. The average molecular weight is 291 g/mol. The predicted octanol–water partition coefficient (Wildman–Crippen LogP) is 0.792. The van der Waals surface area contributed by atoms with Crippen LogP contribution in [0.3, 0.4) is 0 Å². The van der Waals surface area contributed by atoms with E-state index >= 15 is 0 Å². The van der Waals surface area contributed by atoms with Gasteiger partial charge >= 0.3 is 0 Å². The number of amides is 1. The molecule has 1 aromatic rings. The fourth-order valence-electron chi connectivity index (χ4n) is 1.23. The maximum atomic E-state index is 11.9. The van der Waals surface area contributed by atoms with Crippen molar-refractivity contribution in [2.24, 2.45) is 0 Å². The Kier molecular flexibility index (Phi) is 6.11. The maximum absolute atomic E-state index is 11.9. The van der Waals surface area contributed by atoms with Gasteiger partial charge in [0.15, 0.2) is 0 Å². The summed E-state index contributed by atoms with van der Waals surface area (Å²) >= 11 is 5.90. The lowest BCUT2D eigenvalue weighted by molar-refractivity contribution is -0.118. The molecule has 1 rings (SSSR count). The summed E-state index contributed by atoms with van der Waals surface area (Å²) in [6, 6.07) is 4.69. The lowest BCUT2D eigenvalue weighted by atomic mass is 10.3. The van der Waals surface area contributed by atoms with Crippen LogP contribution in [0.2, 0.25) is 5.02 Å². The monoisotopic (exact) mass is 290 g/mol. The molecule has 0 aliphatic heterocycles. The second-order valence-electron chi connectivity index (χ2n) is 3.52. The van der Waals surface area contributed by atoms with Crippen molar-refractivity contribution in [1.82, 2.24) is 5.32 Å². The van der Waals surface area contributed by atoms with Gasteiger partial charge in [-0.15, -0.1) is 0 Å². The quantitative estimate of drug-likeness (QED) is 0.599. The first-order valence-electron chi connectivity index (χ1n) is 5.23. The zero-order chi connectivity index (χ0) is 13.5. The molecule has 5 nitrogen and oxygen atoms in total. The number of nitrogens with two attached hydrogens (primary N) is 1. The van der Waals surface area contributed by atoms with Crippen LogP contribution in [-0.2, 0) is 20.3 Å². The largest absolute Gasteiger partial charge is 0.399 e. The van der Waals surface area contributed by atoms with Crippen LogP contribution in [0.25, 0.3) is 0 Å². The number of nitrogen functional groups attached to an aromatic ring is 1. The number of carbonyl (C=O) groups is 1. The Morgan fingerprint density at radius 1 is 1.56 bits per heavy atom. The maximum Gasteiger partial charge on any atom is 0.233 e. The van der Waals surface area contributed by atoms with Crippen molar-refractivity contribution in [2.45, 2.75) is 4.90 Å². The lowest BCUT2D eigenvalue weighted by Gasteiger charge is -2.06. The van der Waals surface area contributed by atoms with Crippen LogP contribution in [0.4, 0.5) is 5.69 Å². The number of anilines is 1. The van der Waals surface area contributed by atoms with Gasteiger partial charge < -0.3 is 15.8 Å². The van der Waals surface area contributed by atoms with Crippen LogP contribution in [0.15, 0.2) is 23.1 Å². The number of nitrogens with one attached hydrogen (secondary N) is 1. The molecule has 0 aliphatic rings. The van der Waals surface area contributed by atoms with E-state index in [1.54, 1.807) is 12.1 Å². The molecule has 0 fully saturated rings. The van der Waals surface area contributed by atoms with Crippen molar-refractivity contribution >= 4 is 34.0 Å². The SMILES string of the molecule is COCCNC(=O)CS(=O)c1cc(N)ccc1Cl. The van der Waals surface area contributed by atoms with E-state index in [4.69, 9.17) is 22.1 Å². The molecule has 0 aliphatic carbocycles. The van der Waals surface area contributed by atoms with E-state index in [2.05, 4.69) is 5.32 Å². The van der Waals surface area contributed by atoms with Crippen molar-refractivity contribution in [1.29, 1.82) is 0 Å². The Labute approximate surface area is 113 Å². The molecule has 7 heteroatoms. The molecule has 1 aromatic carbocycles. The van der Waals surface area contributed by atoms with E-state index in [1.165, 1.54) is 13.2 Å². The summed E-state index contributed by atoms with van der Waals surface area (Å²) in [5.74, 6) is -0.462. The van der Waals surface area contributed by atoms with Crippen LogP contribution in [0, 0.1) is 0 Å². The number of rotatable bonds is 6. The minimum atomic E-state index is -1.51. The van der Waals surface area contributed by atoms with Gasteiger partial charge in [-0.2, -0.15) is 0 Å². The molecule has 1 atom stereocenters. The van der Waals surface area contributed by atoms with E-state index in [1.807, 2.05) is 0 Å². The minimum Gasteiger partial charge on any atom is -0.399 e. The zero-order valence-electron chi connectivity index (χ0n) is 9.94. The minimum absolute atomic E-state index is 0.146. The number of hydrogen-bond acceptors (Lipinski definition) is 4. The van der Waals surface area contributed by atoms with Crippen molar-refractivity contribution in [3.05, 3.63) is 23.2 Å².